The maximum Gasteiger partial charge on any atom is 0.293 e. The summed E-state index contributed by atoms with van der Waals surface area (Å²) in [4.78, 5) is 23.9. The standard InChI is InChI=1S/C16H13BrN6O3/c1-10-3-2-4-13(23(25)26)15(10)18-14(24)9-22-20-16(19-21-22)11-5-7-12(17)8-6-11/h2-8H,9H2,1H3,(H,18,24). The topological polar surface area (TPSA) is 116 Å². The van der Waals surface area contributed by atoms with Crippen LogP contribution < -0.4 is 5.32 Å². The average molecular weight is 417 g/mol. The summed E-state index contributed by atoms with van der Waals surface area (Å²) in [6.07, 6.45) is 0. The first-order chi connectivity index (χ1) is 12.4. The van der Waals surface area contributed by atoms with Crippen LogP contribution in [0, 0.1) is 17.0 Å². The molecule has 0 aliphatic heterocycles. The summed E-state index contributed by atoms with van der Waals surface area (Å²) in [6.45, 7) is 1.47. The zero-order valence-electron chi connectivity index (χ0n) is 13.6. The molecule has 0 fully saturated rings. The highest BCUT2D eigenvalue weighted by Gasteiger charge is 2.18. The smallest absolute Gasteiger partial charge is 0.293 e. The second-order valence-corrected chi connectivity index (χ2v) is 6.34. The maximum atomic E-state index is 12.2. The lowest BCUT2D eigenvalue weighted by atomic mass is 10.1. The number of carbonyl (C=O) groups excluding carboxylic acids is 1. The molecule has 3 rings (SSSR count). The number of aryl methyl sites for hydroxylation is 1. The third-order valence-electron chi connectivity index (χ3n) is 3.55. The van der Waals surface area contributed by atoms with E-state index in [0.29, 0.717) is 11.4 Å². The highest BCUT2D eigenvalue weighted by molar-refractivity contribution is 9.10. The van der Waals surface area contributed by atoms with Gasteiger partial charge in [-0.15, -0.1) is 10.2 Å². The zero-order valence-corrected chi connectivity index (χ0v) is 15.2. The number of nitro groups is 1. The Morgan fingerprint density at radius 2 is 2.00 bits per heavy atom. The van der Waals surface area contributed by atoms with Crippen molar-refractivity contribution >= 4 is 33.2 Å². The number of carbonyl (C=O) groups is 1. The molecule has 0 saturated heterocycles. The monoisotopic (exact) mass is 416 g/mol. The fourth-order valence-corrected chi connectivity index (χ4v) is 2.56. The summed E-state index contributed by atoms with van der Waals surface area (Å²) < 4.78 is 0.924. The van der Waals surface area contributed by atoms with Crippen LogP contribution in [0.4, 0.5) is 11.4 Å². The van der Waals surface area contributed by atoms with Crippen LogP contribution in [0.2, 0.25) is 0 Å². The zero-order chi connectivity index (χ0) is 18.7. The molecule has 0 unspecified atom stereocenters. The number of halogens is 1. The van der Waals surface area contributed by atoms with E-state index in [1.807, 2.05) is 24.3 Å². The minimum absolute atomic E-state index is 0.163. The number of amides is 1. The van der Waals surface area contributed by atoms with Gasteiger partial charge in [0.2, 0.25) is 11.7 Å². The van der Waals surface area contributed by atoms with Crippen molar-refractivity contribution in [2.24, 2.45) is 0 Å². The molecule has 2 aromatic carbocycles. The lowest BCUT2D eigenvalue weighted by Crippen LogP contribution is -2.21. The van der Waals surface area contributed by atoms with E-state index < -0.39 is 10.8 Å². The molecule has 0 aliphatic carbocycles. The van der Waals surface area contributed by atoms with Crippen molar-refractivity contribution in [2.75, 3.05) is 5.32 Å². The van der Waals surface area contributed by atoms with Gasteiger partial charge in [-0.05, 0) is 42.0 Å². The van der Waals surface area contributed by atoms with Crippen molar-refractivity contribution in [1.29, 1.82) is 0 Å². The van der Waals surface area contributed by atoms with E-state index in [1.165, 1.54) is 6.07 Å². The normalized spacial score (nSPS) is 10.5. The first-order valence-corrected chi connectivity index (χ1v) is 8.31. The molecule has 0 spiro atoms. The van der Waals surface area contributed by atoms with Gasteiger partial charge in [0.25, 0.3) is 5.69 Å². The number of hydrogen-bond donors (Lipinski definition) is 1. The molecule has 0 radical (unpaired) electrons. The molecule has 3 aromatic rings. The Morgan fingerprint density at radius 1 is 1.27 bits per heavy atom. The molecule has 9 nitrogen and oxygen atoms in total. The van der Waals surface area contributed by atoms with Gasteiger partial charge < -0.3 is 5.32 Å². The third-order valence-corrected chi connectivity index (χ3v) is 4.08. The molecule has 1 aromatic heterocycles. The Balaban J connectivity index is 1.74. The van der Waals surface area contributed by atoms with Crippen LogP contribution >= 0.6 is 15.9 Å². The molecule has 1 amide bonds. The average Bonchev–Trinajstić information content (AvgIpc) is 3.05. The van der Waals surface area contributed by atoms with Crippen LogP contribution in [0.5, 0.6) is 0 Å². The number of tetrazole rings is 1. The number of hydrogen-bond acceptors (Lipinski definition) is 6. The summed E-state index contributed by atoms with van der Waals surface area (Å²) in [5.41, 5.74) is 1.35. The van der Waals surface area contributed by atoms with Gasteiger partial charge >= 0.3 is 0 Å². The lowest BCUT2D eigenvalue weighted by molar-refractivity contribution is -0.384. The molecular formula is C16H13BrN6O3. The van der Waals surface area contributed by atoms with Crippen LogP contribution in [0.1, 0.15) is 5.56 Å². The number of anilines is 1. The summed E-state index contributed by atoms with van der Waals surface area (Å²) in [6, 6.07) is 11.9. The largest absolute Gasteiger partial charge is 0.318 e. The quantitative estimate of drug-likeness (QED) is 0.504. The van der Waals surface area contributed by atoms with Gasteiger partial charge in [0.1, 0.15) is 12.2 Å². The number of para-hydroxylation sites is 1. The van der Waals surface area contributed by atoms with Gasteiger partial charge in [0.15, 0.2) is 0 Å². The predicted molar refractivity (Wildman–Crippen MR) is 97.4 cm³/mol. The number of benzene rings is 2. The first kappa shape index (κ1) is 17.7. The van der Waals surface area contributed by atoms with Gasteiger partial charge in [0, 0.05) is 16.1 Å². The van der Waals surface area contributed by atoms with Crippen molar-refractivity contribution in [3.05, 3.63) is 62.6 Å². The summed E-state index contributed by atoms with van der Waals surface area (Å²) in [7, 11) is 0. The third kappa shape index (κ3) is 3.91. The van der Waals surface area contributed by atoms with Crippen LogP contribution in [0.15, 0.2) is 46.9 Å². The van der Waals surface area contributed by atoms with Crippen LogP contribution in [0.3, 0.4) is 0 Å². The fraction of sp³-hybridized carbons (Fsp3) is 0.125. The summed E-state index contributed by atoms with van der Waals surface area (Å²) >= 11 is 3.35. The van der Waals surface area contributed by atoms with Gasteiger partial charge in [-0.3, -0.25) is 14.9 Å². The number of nitrogens with one attached hydrogen (secondary N) is 1. The van der Waals surface area contributed by atoms with Gasteiger partial charge in [-0.1, -0.05) is 28.1 Å². The molecule has 1 N–H and O–H groups in total. The molecule has 132 valence electrons. The Bertz CT molecular complexity index is 970. The second-order valence-electron chi connectivity index (χ2n) is 5.42. The van der Waals surface area contributed by atoms with Crippen molar-refractivity contribution in [3.8, 4) is 11.4 Å². The minimum atomic E-state index is -0.540. The van der Waals surface area contributed by atoms with Crippen LogP contribution in [-0.2, 0) is 11.3 Å². The second kappa shape index (κ2) is 7.40. The SMILES string of the molecule is Cc1cccc([N+](=O)[O-])c1NC(=O)Cn1nnc(-c2ccc(Br)cc2)n1. The molecule has 1 heterocycles. The highest BCUT2D eigenvalue weighted by Crippen LogP contribution is 2.27. The van der Waals surface area contributed by atoms with E-state index in [1.54, 1.807) is 19.1 Å². The van der Waals surface area contributed by atoms with Crippen molar-refractivity contribution in [1.82, 2.24) is 20.2 Å². The van der Waals surface area contributed by atoms with Crippen molar-refractivity contribution in [3.63, 3.8) is 0 Å². The molecule has 0 atom stereocenters. The minimum Gasteiger partial charge on any atom is -0.318 e. The number of nitrogens with zero attached hydrogens (tertiary/aromatic N) is 5. The van der Waals surface area contributed by atoms with E-state index in [9.17, 15) is 14.9 Å². The van der Waals surface area contributed by atoms with Crippen LogP contribution in [0.25, 0.3) is 11.4 Å². The highest BCUT2D eigenvalue weighted by atomic mass is 79.9. The van der Waals surface area contributed by atoms with Crippen LogP contribution in [-0.4, -0.2) is 31.0 Å². The van der Waals surface area contributed by atoms with E-state index in [0.717, 1.165) is 14.8 Å². The predicted octanol–water partition coefficient (Wildman–Crippen LogP) is 2.96. The lowest BCUT2D eigenvalue weighted by Gasteiger charge is -2.08. The van der Waals surface area contributed by atoms with E-state index >= 15 is 0 Å². The first-order valence-electron chi connectivity index (χ1n) is 7.51. The molecule has 0 bridgehead atoms. The summed E-state index contributed by atoms with van der Waals surface area (Å²) in [5.74, 6) is -0.102. The Labute approximate surface area is 156 Å². The molecule has 0 aliphatic rings. The Morgan fingerprint density at radius 3 is 2.69 bits per heavy atom. The van der Waals surface area contributed by atoms with Gasteiger partial charge in [-0.2, -0.15) is 4.80 Å². The molecular weight excluding hydrogens is 404 g/mol. The van der Waals surface area contributed by atoms with Gasteiger partial charge in [0.05, 0.1) is 4.92 Å². The fourth-order valence-electron chi connectivity index (χ4n) is 2.30. The Hall–Kier alpha value is -3.14. The van der Waals surface area contributed by atoms with E-state index in [4.69, 9.17) is 0 Å². The van der Waals surface area contributed by atoms with Crippen molar-refractivity contribution in [2.45, 2.75) is 13.5 Å². The molecule has 0 saturated carbocycles. The van der Waals surface area contributed by atoms with Gasteiger partial charge in [-0.25, -0.2) is 0 Å². The van der Waals surface area contributed by atoms with E-state index in [2.05, 4.69) is 36.7 Å². The number of rotatable bonds is 5. The molecule has 26 heavy (non-hydrogen) atoms. The number of nitro benzene ring substituents is 1. The summed E-state index contributed by atoms with van der Waals surface area (Å²) in [5, 5.41) is 25.6. The maximum absolute atomic E-state index is 12.2. The number of aromatic nitrogens is 4. The van der Waals surface area contributed by atoms with E-state index in [-0.39, 0.29) is 17.9 Å². The van der Waals surface area contributed by atoms with Crippen molar-refractivity contribution < 1.29 is 9.72 Å². The Kier molecular flexibility index (Phi) is 5.03. The molecule has 10 heteroatoms.